The zero-order valence-corrected chi connectivity index (χ0v) is 9.88. The average Bonchev–Trinajstić information content (AvgIpc) is 3.01. The summed E-state index contributed by atoms with van der Waals surface area (Å²) < 4.78 is 40.6. The smallest absolute Gasteiger partial charge is 0.416 e. The van der Waals surface area contributed by atoms with Crippen molar-refractivity contribution in [3.05, 3.63) is 47.7 Å². The number of rotatable bonds is 1. The van der Waals surface area contributed by atoms with E-state index in [1.807, 2.05) is 0 Å². The van der Waals surface area contributed by atoms with Gasteiger partial charge in [-0.25, -0.2) is 4.79 Å². The molecule has 0 saturated carbocycles. The third kappa shape index (κ3) is 4.46. The molecule has 19 heavy (non-hydrogen) atoms. The molecule has 1 amide bonds. The molecule has 0 spiro atoms. The Kier molecular flexibility index (Phi) is 4.31. The number of ether oxygens (including phenoxy) is 1. The van der Waals surface area contributed by atoms with Crippen LogP contribution in [0, 0.1) is 0 Å². The summed E-state index contributed by atoms with van der Waals surface area (Å²) in [6.07, 6.45) is -4.38. The van der Waals surface area contributed by atoms with E-state index >= 15 is 0 Å². The molecule has 0 aromatic heterocycles. The lowest BCUT2D eigenvalue weighted by Crippen LogP contribution is -2.06. The predicted molar refractivity (Wildman–Crippen MR) is 60.1 cm³/mol. The van der Waals surface area contributed by atoms with Crippen LogP contribution in [0.25, 0.3) is 0 Å². The van der Waals surface area contributed by atoms with Crippen molar-refractivity contribution in [1.82, 2.24) is 5.32 Å². The largest absolute Gasteiger partial charge is 0.465 e. The quantitative estimate of drug-likeness (QED) is 0.484. The first-order valence-corrected chi connectivity index (χ1v) is 5.01. The van der Waals surface area contributed by atoms with Gasteiger partial charge in [-0.15, -0.1) is 0 Å². The molecular formula is C12H10F3NO3. The number of nitrogens with one attached hydrogen (secondary N) is 1. The number of esters is 1. The molecule has 1 fully saturated rings. The van der Waals surface area contributed by atoms with Gasteiger partial charge in [-0.05, 0) is 24.3 Å². The average molecular weight is 273 g/mol. The van der Waals surface area contributed by atoms with Gasteiger partial charge in [0.2, 0.25) is 0 Å². The third-order valence-corrected chi connectivity index (χ3v) is 2.11. The van der Waals surface area contributed by atoms with E-state index in [-0.39, 0.29) is 11.5 Å². The van der Waals surface area contributed by atoms with Gasteiger partial charge in [-0.3, -0.25) is 4.79 Å². The van der Waals surface area contributed by atoms with Crippen LogP contribution in [0.15, 0.2) is 36.5 Å². The molecular weight excluding hydrogens is 263 g/mol. The van der Waals surface area contributed by atoms with Crippen molar-refractivity contribution in [2.24, 2.45) is 0 Å². The summed E-state index contributed by atoms with van der Waals surface area (Å²) in [6, 6.07) is 3.84. The van der Waals surface area contributed by atoms with Gasteiger partial charge < -0.3 is 10.1 Å². The molecule has 2 rings (SSSR count). The van der Waals surface area contributed by atoms with Gasteiger partial charge in [-0.1, -0.05) is 6.58 Å². The standard InChI is InChI=1S/C9H7F3O2.C3H3NO/c1-14-8(13)6-2-4-7(5-3-6)9(10,11)12;1-2-3(5)4-2/h2-5H,1H3;1H2,(H,4,5). The molecule has 0 aliphatic carbocycles. The van der Waals surface area contributed by atoms with Crippen molar-refractivity contribution in [3.8, 4) is 0 Å². The van der Waals surface area contributed by atoms with Crippen molar-refractivity contribution < 1.29 is 27.5 Å². The van der Waals surface area contributed by atoms with E-state index in [0.29, 0.717) is 5.70 Å². The molecule has 1 aliphatic heterocycles. The summed E-state index contributed by atoms with van der Waals surface area (Å²) in [5, 5.41) is 2.36. The Balaban J connectivity index is 0.000000300. The number of methoxy groups -OCH3 is 1. The fraction of sp³-hybridized carbons (Fsp3) is 0.167. The Bertz CT molecular complexity index is 494. The number of alkyl halides is 3. The first-order valence-electron chi connectivity index (χ1n) is 5.01. The van der Waals surface area contributed by atoms with E-state index in [9.17, 15) is 22.8 Å². The van der Waals surface area contributed by atoms with Crippen molar-refractivity contribution in [1.29, 1.82) is 0 Å². The lowest BCUT2D eigenvalue weighted by molar-refractivity contribution is -0.137. The topological polar surface area (TPSA) is 65.3 Å². The van der Waals surface area contributed by atoms with Crippen LogP contribution in [-0.2, 0) is 15.7 Å². The highest BCUT2D eigenvalue weighted by molar-refractivity contribution is 6.09. The van der Waals surface area contributed by atoms with E-state index in [0.717, 1.165) is 24.3 Å². The molecule has 7 heteroatoms. The summed E-state index contributed by atoms with van der Waals surface area (Å²) in [4.78, 5) is 20.5. The monoisotopic (exact) mass is 273 g/mol. The van der Waals surface area contributed by atoms with Crippen LogP contribution >= 0.6 is 0 Å². The summed E-state index contributed by atoms with van der Waals surface area (Å²) in [6.45, 7) is 3.29. The first-order chi connectivity index (χ1) is 8.75. The number of halogens is 3. The number of hydrogen-bond donors (Lipinski definition) is 1. The van der Waals surface area contributed by atoms with Gasteiger partial charge in [0.1, 0.15) is 0 Å². The summed E-state index contributed by atoms with van der Waals surface area (Å²) >= 11 is 0. The number of hydrogen-bond acceptors (Lipinski definition) is 3. The predicted octanol–water partition coefficient (Wildman–Crippen LogP) is 2.12. The van der Waals surface area contributed by atoms with E-state index < -0.39 is 17.7 Å². The summed E-state index contributed by atoms with van der Waals surface area (Å²) in [5.74, 6) is -0.677. The molecule has 0 unspecified atom stereocenters. The SMILES string of the molecule is C=C1NC1=O.COC(=O)c1ccc(C(F)(F)F)cc1. The summed E-state index contributed by atoms with van der Waals surface area (Å²) in [5.41, 5.74) is -0.157. The number of carbonyl (C=O) groups excluding carboxylic acids is 2. The number of benzene rings is 1. The van der Waals surface area contributed by atoms with Crippen LogP contribution in [0.2, 0.25) is 0 Å². The zero-order valence-electron chi connectivity index (χ0n) is 9.88. The van der Waals surface area contributed by atoms with Gasteiger partial charge in [0.05, 0.1) is 23.9 Å². The molecule has 1 aliphatic rings. The van der Waals surface area contributed by atoms with Crippen molar-refractivity contribution in [3.63, 3.8) is 0 Å². The maximum Gasteiger partial charge on any atom is 0.416 e. The Hall–Kier alpha value is -2.31. The molecule has 1 saturated heterocycles. The van der Waals surface area contributed by atoms with E-state index in [4.69, 9.17) is 0 Å². The van der Waals surface area contributed by atoms with Crippen molar-refractivity contribution in [2.45, 2.75) is 6.18 Å². The van der Waals surface area contributed by atoms with Crippen LogP contribution in [0.4, 0.5) is 13.2 Å². The second kappa shape index (κ2) is 5.55. The highest BCUT2D eigenvalue weighted by atomic mass is 19.4. The van der Waals surface area contributed by atoms with Crippen LogP contribution in [0.1, 0.15) is 15.9 Å². The zero-order chi connectivity index (χ0) is 14.6. The van der Waals surface area contributed by atoms with Crippen molar-refractivity contribution in [2.75, 3.05) is 7.11 Å². The van der Waals surface area contributed by atoms with E-state index in [1.54, 1.807) is 0 Å². The Labute approximate surface area is 106 Å². The van der Waals surface area contributed by atoms with Gasteiger partial charge in [-0.2, -0.15) is 13.2 Å². The van der Waals surface area contributed by atoms with Crippen molar-refractivity contribution >= 4 is 11.9 Å². The van der Waals surface area contributed by atoms with Crippen LogP contribution in [0.5, 0.6) is 0 Å². The third-order valence-electron chi connectivity index (χ3n) is 2.11. The van der Waals surface area contributed by atoms with E-state index in [2.05, 4.69) is 16.6 Å². The lowest BCUT2D eigenvalue weighted by atomic mass is 10.1. The normalized spacial score (nSPS) is 13.1. The Morgan fingerprint density at radius 1 is 1.26 bits per heavy atom. The Morgan fingerprint density at radius 3 is 1.95 bits per heavy atom. The second-order valence-electron chi connectivity index (χ2n) is 3.50. The van der Waals surface area contributed by atoms with Crippen LogP contribution in [0.3, 0.4) is 0 Å². The fourth-order valence-electron chi connectivity index (χ4n) is 1.02. The highest BCUT2D eigenvalue weighted by Crippen LogP contribution is 2.29. The van der Waals surface area contributed by atoms with Crippen LogP contribution in [-0.4, -0.2) is 19.0 Å². The molecule has 0 atom stereocenters. The van der Waals surface area contributed by atoms with Gasteiger partial charge in [0.25, 0.3) is 5.91 Å². The molecule has 0 bridgehead atoms. The minimum Gasteiger partial charge on any atom is -0.465 e. The molecule has 102 valence electrons. The van der Waals surface area contributed by atoms with E-state index in [1.165, 1.54) is 7.11 Å². The van der Waals surface area contributed by atoms with Gasteiger partial charge in [0, 0.05) is 0 Å². The molecule has 1 aromatic carbocycles. The molecule has 1 N–H and O–H groups in total. The highest BCUT2D eigenvalue weighted by Gasteiger charge is 2.30. The molecule has 1 aromatic rings. The van der Waals surface area contributed by atoms with Gasteiger partial charge in [0.15, 0.2) is 0 Å². The maximum atomic E-state index is 12.1. The summed E-state index contributed by atoms with van der Waals surface area (Å²) in [7, 11) is 1.17. The molecule has 1 heterocycles. The maximum absolute atomic E-state index is 12.1. The number of carbonyl (C=O) groups is 2. The number of amides is 1. The van der Waals surface area contributed by atoms with Gasteiger partial charge >= 0.3 is 12.1 Å². The van der Waals surface area contributed by atoms with Crippen LogP contribution < -0.4 is 5.32 Å². The fourth-order valence-corrected chi connectivity index (χ4v) is 1.02. The lowest BCUT2D eigenvalue weighted by Gasteiger charge is -2.06. The molecule has 0 radical (unpaired) electrons. The second-order valence-corrected chi connectivity index (χ2v) is 3.50. The first kappa shape index (κ1) is 14.7. The molecule has 4 nitrogen and oxygen atoms in total. The Morgan fingerprint density at radius 2 is 1.68 bits per heavy atom. The minimum atomic E-state index is -4.38. The minimum absolute atomic E-state index is 0.0231.